The lowest BCUT2D eigenvalue weighted by Gasteiger charge is -2.55. The smallest absolute Gasteiger partial charge is 0.141 e. The third-order valence-electron chi connectivity index (χ3n) is 12.3. The second kappa shape index (κ2) is 18.0. The molecule has 0 aromatic carbocycles. The number of amidine groups is 1. The number of unbranched alkanes of at least 4 members (excludes halogenated alkanes) is 2. The van der Waals surface area contributed by atoms with Crippen molar-refractivity contribution >= 4 is 17.6 Å². The summed E-state index contributed by atoms with van der Waals surface area (Å²) >= 11 is 6.36. The lowest BCUT2D eigenvalue weighted by atomic mass is 9.73. The largest absolute Gasteiger partial charge is 0.371 e. The molecule has 3 N–H and O–H groups in total. The van der Waals surface area contributed by atoms with Gasteiger partial charge in [0.25, 0.3) is 0 Å². The topological polar surface area (TPSA) is 76.6 Å². The molecule has 2 saturated heterocycles. The van der Waals surface area contributed by atoms with Gasteiger partial charge < -0.3 is 5.32 Å². The quantitative estimate of drug-likeness (QED) is 0.114. The van der Waals surface area contributed by atoms with E-state index >= 15 is 0 Å². The molecule has 294 valence electrons. The van der Waals surface area contributed by atoms with Gasteiger partial charge in [-0.1, -0.05) is 64.2 Å². The number of nitrogens with one attached hydrogen (secondary N) is 3. The molecule has 3 aliphatic heterocycles. The van der Waals surface area contributed by atoms with E-state index in [1.54, 1.807) is 0 Å². The molecule has 10 heteroatoms. The Morgan fingerprint density at radius 2 is 1.12 bits per heavy atom. The van der Waals surface area contributed by atoms with Crippen LogP contribution in [0.15, 0.2) is 16.9 Å². The normalized spacial score (nSPS) is 27.9. The van der Waals surface area contributed by atoms with Crippen molar-refractivity contribution in [3.05, 3.63) is 11.9 Å². The molecule has 51 heavy (non-hydrogen) atoms. The van der Waals surface area contributed by atoms with Gasteiger partial charge in [-0.2, -0.15) is 10.1 Å². The van der Waals surface area contributed by atoms with Gasteiger partial charge in [0, 0.05) is 53.1 Å². The van der Waals surface area contributed by atoms with E-state index in [9.17, 15) is 0 Å². The molecule has 2 saturated carbocycles. The number of hydroxylamine groups is 4. The van der Waals surface area contributed by atoms with Crippen molar-refractivity contribution in [1.82, 2.24) is 30.9 Å². The van der Waals surface area contributed by atoms with Crippen molar-refractivity contribution in [3.8, 4) is 0 Å². The third-order valence-corrected chi connectivity index (χ3v) is 12.5. The fourth-order valence-corrected chi connectivity index (χ4v) is 10.9. The van der Waals surface area contributed by atoms with Crippen molar-refractivity contribution in [2.45, 2.75) is 218 Å². The number of aliphatic imine (C=N–C) groups is 1. The van der Waals surface area contributed by atoms with Gasteiger partial charge in [-0.05, 0) is 136 Å². The van der Waals surface area contributed by atoms with E-state index in [0.717, 1.165) is 43.5 Å². The molecule has 0 amide bonds. The summed E-state index contributed by atoms with van der Waals surface area (Å²) in [6.45, 7) is 20.8. The van der Waals surface area contributed by atoms with E-state index in [1.165, 1.54) is 120 Å². The van der Waals surface area contributed by atoms with Crippen LogP contribution in [-0.4, -0.2) is 68.1 Å². The zero-order chi connectivity index (χ0) is 36.7. The molecular weight excluding hydrogens is 658 g/mol. The standard InChI is InChI=1S/C41H76ClN7O2/c1-38(2)28-32(29-39(3,4)47(38)50-34-21-11-9-12-22-34)19-15-17-25-43-36-27-37(46-49(42)45-36)44-26-18-16-20-33-30-40(5,6)48(41(7,8)31-33)51-35-23-13-10-14-24-35/h27,32-35,43,45H,9-26,28-31H2,1-8H3,(H,44,46). The molecular formula is C41H76ClN7O2. The SMILES string of the molecule is CC1(C)CC(CCCCN=C2C=C(NCCCCC3CC(C)(C)N(OC4CCCCC4)C(C)(C)C3)NN(Cl)N2)CC(C)(C)N1OC1CCCCC1. The first-order valence-corrected chi connectivity index (χ1v) is 21.4. The number of halogens is 1. The summed E-state index contributed by atoms with van der Waals surface area (Å²) in [5.41, 5.74) is 6.50. The molecule has 0 bridgehead atoms. The van der Waals surface area contributed by atoms with Crippen LogP contribution >= 0.6 is 11.8 Å². The lowest BCUT2D eigenvalue weighted by molar-refractivity contribution is -0.314. The van der Waals surface area contributed by atoms with Crippen LogP contribution in [0.5, 0.6) is 0 Å². The van der Waals surface area contributed by atoms with Crippen LogP contribution in [0.1, 0.15) is 184 Å². The molecule has 3 heterocycles. The molecule has 2 aliphatic carbocycles. The van der Waals surface area contributed by atoms with Crippen molar-refractivity contribution in [2.75, 3.05) is 13.1 Å². The maximum absolute atomic E-state index is 6.71. The summed E-state index contributed by atoms with van der Waals surface area (Å²) in [7, 11) is 0. The van der Waals surface area contributed by atoms with Crippen molar-refractivity contribution < 1.29 is 9.68 Å². The summed E-state index contributed by atoms with van der Waals surface area (Å²) in [6, 6.07) is 0. The van der Waals surface area contributed by atoms with Gasteiger partial charge in [0.05, 0.1) is 12.2 Å². The monoisotopic (exact) mass is 734 g/mol. The Labute approximate surface area is 317 Å². The van der Waals surface area contributed by atoms with Crippen molar-refractivity contribution in [1.29, 1.82) is 0 Å². The molecule has 0 aromatic heterocycles. The molecule has 4 fully saturated rings. The summed E-state index contributed by atoms with van der Waals surface area (Å²) in [5.74, 6) is 3.13. The van der Waals surface area contributed by atoms with Crippen LogP contribution in [0.2, 0.25) is 0 Å². The average molecular weight is 735 g/mol. The Morgan fingerprint density at radius 3 is 1.59 bits per heavy atom. The predicted molar refractivity (Wildman–Crippen MR) is 211 cm³/mol. The summed E-state index contributed by atoms with van der Waals surface area (Å²) in [4.78, 5) is 18.3. The van der Waals surface area contributed by atoms with E-state index in [-0.39, 0.29) is 22.2 Å². The first-order chi connectivity index (χ1) is 24.1. The van der Waals surface area contributed by atoms with Crippen molar-refractivity contribution in [2.24, 2.45) is 16.8 Å². The maximum atomic E-state index is 6.71. The lowest BCUT2D eigenvalue weighted by Crippen LogP contribution is -2.61. The van der Waals surface area contributed by atoms with Gasteiger partial charge in [0.2, 0.25) is 0 Å². The molecule has 5 aliphatic rings. The van der Waals surface area contributed by atoms with E-state index in [0.29, 0.717) is 18.1 Å². The second-order valence-corrected chi connectivity index (χ2v) is 19.7. The minimum absolute atomic E-state index is 0.0516. The summed E-state index contributed by atoms with van der Waals surface area (Å²) in [6.07, 6.45) is 27.5. The molecule has 5 rings (SSSR count). The fourth-order valence-electron chi connectivity index (χ4n) is 10.7. The maximum Gasteiger partial charge on any atom is 0.141 e. The van der Waals surface area contributed by atoms with Crippen LogP contribution in [0, 0.1) is 11.8 Å². The summed E-state index contributed by atoms with van der Waals surface area (Å²) < 4.78 is 1.38. The summed E-state index contributed by atoms with van der Waals surface area (Å²) in [5, 5.41) is 8.33. The van der Waals surface area contributed by atoms with Crippen LogP contribution in [-0.2, 0) is 9.68 Å². The minimum atomic E-state index is 0.0516. The van der Waals surface area contributed by atoms with Crippen LogP contribution in [0.25, 0.3) is 0 Å². The number of nitrogens with zero attached hydrogens (tertiary/aromatic N) is 4. The van der Waals surface area contributed by atoms with E-state index < -0.39 is 0 Å². The predicted octanol–water partition coefficient (Wildman–Crippen LogP) is 9.70. The number of hydrogen-bond donors (Lipinski definition) is 3. The number of hydrogen-bond acceptors (Lipinski definition) is 8. The van der Waals surface area contributed by atoms with Crippen LogP contribution in [0.3, 0.4) is 0 Å². The highest BCUT2D eigenvalue weighted by Crippen LogP contribution is 2.46. The second-order valence-electron chi connectivity index (χ2n) is 19.4. The van der Waals surface area contributed by atoms with Crippen molar-refractivity contribution in [3.63, 3.8) is 0 Å². The molecule has 0 spiro atoms. The molecule has 0 unspecified atom stereocenters. The first-order valence-electron chi connectivity index (χ1n) is 21.1. The highest BCUT2D eigenvalue weighted by Gasteiger charge is 2.48. The van der Waals surface area contributed by atoms with Gasteiger partial charge in [-0.15, -0.1) is 0 Å². The Kier molecular flexibility index (Phi) is 14.5. The average Bonchev–Trinajstić information content (AvgIpc) is 3.04. The van der Waals surface area contributed by atoms with Gasteiger partial charge in [0.15, 0.2) is 0 Å². The van der Waals surface area contributed by atoms with Gasteiger partial charge in [0.1, 0.15) is 11.7 Å². The Bertz CT molecular complexity index is 1110. The highest BCUT2D eigenvalue weighted by atomic mass is 35.5. The highest BCUT2D eigenvalue weighted by molar-refractivity contribution is 6.14. The molecule has 0 radical (unpaired) electrons. The van der Waals surface area contributed by atoms with E-state index in [1.807, 2.05) is 6.08 Å². The third kappa shape index (κ3) is 11.9. The first kappa shape index (κ1) is 41.1. The Morgan fingerprint density at radius 1 is 0.667 bits per heavy atom. The van der Waals surface area contributed by atoms with Gasteiger partial charge in [-0.25, -0.2) is 0 Å². The van der Waals surface area contributed by atoms with Crippen LogP contribution < -0.4 is 16.2 Å². The Balaban J connectivity index is 0.991. The number of rotatable bonds is 15. The minimum Gasteiger partial charge on any atom is -0.371 e. The number of piperidine rings is 2. The molecule has 0 aromatic rings. The Hall–Kier alpha value is -1.10. The van der Waals surface area contributed by atoms with Gasteiger partial charge in [-0.3, -0.25) is 25.5 Å². The zero-order valence-electron chi connectivity index (χ0n) is 33.9. The zero-order valence-corrected chi connectivity index (χ0v) is 34.7. The van der Waals surface area contributed by atoms with E-state index in [2.05, 4.69) is 81.7 Å². The number of hydrazine groups is 2. The van der Waals surface area contributed by atoms with E-state index in [4.69, 9.17) is 26.4 Å². The molecule has 9 nitrogen and oxygen atoms in total. The van der Waals surface area contributed by atoms with Crippen LogP contribution in [0.4, 0.5) is 0 Å². The fraction of sp³-hybridized carbons (Fsp3) is 0.927. The van der Waals surface area contributed by atoms with Gasteiger partial charge >= 0.3 is 0 Å². The molecule has 0 atom stereocenters.